The predicted octanol–water partition coefficient (Wildman–Crippen LogP) is 3.16. The molecule has 2 aliphatic rings. The molecule has 0 aliphatic carbocycles. The van der Waals surface area contributed by atoms with Crippen molar-refractivity contribution in [3.05, 3.63) is 65.2 Å². The van der Waals surface area contributed by atoms with Gasteiger partial charge in [-0.05, 0) is 23.8 Å². The van der Waals surface area contributed by atoms with Crippen LogP contribution >= 0.6 is 0 Å². The number of benzene rings is 2. The number of rotatable bonds is 11. The van der Waals surface area contributed by atoms with Crippen molar-refractivity contribution in [2.75, 3.05) is 26.4 Å². The molecule has 2 saturated heterocycles. The first-order valence-corrected chi connectivity index (χ1v) is 10.1. The van der Waals surface area contributed by atoms with Crippen molar-refractivity contribution in [3.63, 3.8) is 0 Å². The minimum Gasteiger partial charge on any atom is -0.489 e. The van der Waals surface area contributed by atoms with Gasteiger partial charge in [-0.25, -0.2) is 9.59 Å². The van der Waals surface area contributed by atoms with Gasteiger partial charge < -0.3 is 23.7 Å². The Labute approximate surface area is 174 Å². The van der Waals surface area contributed by atoms with E-state index in [0.717, 1.165) is 5.56 Å². The molecule has 0 bridgehead atoms. The second-order valence-electron chi connectivity index (χ2n) is 7.28. The van der Waals surface area contributed by atoms with Crippen LogP contribution in [-0.4, -0.2) is 50.6 Å². The highest BCUT2D eigenvalue weighted by atomic mass is 16.6. The molecule has 2 atom stereocenters. The average Bonchev–Trinajstić information content (AvgIpc) is 3.68. The smallest absolute Gasteiger partial charge is 0.338 e. The highest BCUT2D eigenvalue weighted by molar-refractivity contribution is 5.96. The molecule has 0 spiro atoms. The molecule has 2 unspecified atom stereocenters. The van der Waals surface area contributed by atoms with E-state index in [1.54, 1.807) is 12.1 Å². The third-order valence-corrected chi connectivity index (χ3v) is 4.78. The van der Waals surface area contributed by atoms with Gasteiger partial charge in [0.1, 0.15) is 12.4 Å². The van der Waals surface area contributed by atoms with Crippen LogP contribution in [0.3, 0.4) is 0 Å². The quantitative estimate of drug-likeness (QED) is 0.414. The summed E-state index contributed by atoms with van der Waals surface area (Å²) in [5.74, 6) is -0.626. The van der Waals surface area contributed by atoms with Crippen molar-refractivity contribution in [1.82, 2.24) is 0 Å². The SMILES string of the molecule is O=C(OCCC1CO1)c1cc(OCc2ccccc2)cc(C(=O)OCCC2CO2)c1. The van der Waals surface area contributed by atoms with Crippen LogP contribution in [0, 0.1) is 0 Å². The highest BCUT2D eigenvalue weighted by Crippen LogP contribution is 2.22. The minimum absolute atomic E-state index is 0.180. The van der Waals surface area contributed by atoms with Crippen molar-refractivity contribution in [3.8, 4) is 5.75 Å². The zero-order valence-corrected chi connectivity index (χ0v) is 16.6. The topological polar surface area (TPSA) is 86.9 Å². The van der Waals surface area contributed by atoms with Gasteiger partial charge in [0.05, 0.1) is 49.8 Å². The molecule has 7 heteroatoms. The second-order valence-corrected chi connectivity index (χ2v) is 7.28. The van der Waals surface area contributed by atoms with Crippen LogP contribution in [0.4, 0.5) is 0 Å². The van der Waals surface area contributed by atoms with Gasteiger partial charge >= 0.3 is 11.9 Å². The molecule has 0 amide bonds. The van der Waals surface area contributed by atoms with Crippen LogP contribution in [0.2, 0.25) is 0 Å². The average molecular weight is 412 g/mol. The third kappa shape index (κ3) is 6.30. The summed E-state index contributed by atoms with van der Waals surface area (Å²) in [6.45, 7) is 2.26. The lowest BCUT2D eigenvalue weighted by molar-refractivity contribution is 0.0491. The van der Waals surface area contributed by atoms with Crippen LogP contribution in [0.5, 0.6) is 5.75 Å². The van der Waals surface area contributed by atoms with E-state index >= 15 is 0 Å². The Kier molecular flexibility index (Phi) is 6.61. The third-order valence-electron chi connectivity index (χ3n) is 4.78. The first-order chi connectivity index (χ1) is 14.7. The van der Waals surface area contributed by atoms with Crippen molar-refractivity contribution in [2.45, 2.75) is 31.7 Å². The molecule has 2 heterocycles. The maximum absolute atomic E-state index is 12.5. The Balaban J connectivity index is 1.43. The lowest BCUT2D eigenvalue weighted by Gasteiger charge is -2.11. The summed E-state index contributed by atoms with van der Waals surface area (Å²) in [5, 5.41) is 0. The lowest BCUT2D eigenvalue weighted by atomic mass is 10.1. The van der Waals surface area contributed by atoms with E-state index in [9.17, 15) is 9.59 Å². The fourth-order valence-electron chi connectivity index (χ4n) is 2.86. The summed E-state index contributed by atoms with van der Waals surface area (Å²) in [6.07, 6.45) is 1.68. The van der Waals surface area contributed by atoms with Gasteiger partial charge in [-0.15, -0.1) is 0 Å². The molecule has 0 radical (unpaired) electrons. The standard InChI is InChI=1S/C23H24O7/c24-22(26-8-6-19-14-29-19)17-10-18(23(25)27-9-7-20-15-30-20)12-21(11-17)28-13-16-4-2-1-3-5-16/h1-5,10-12,19-20H,6-9,13-15H2. The fraction of sp³-hybridized carbons (Fsp3) is 0.391. The van der Waals surface area contributed by atoms with E-state index in [1.165, 1.54) is 6.07 Å². The normalized spacial score (nSPS) is 19.1. The molecule has 7 nitrogen and oxygen atoms in total. The number of epoxide rings is 2. The summed E-state index contributed by atoms with van der Waals surface area (Å²) < 4.78 is 26.7. The van der Waals surface area contributed by atoms with E-state index in [0.29, 0.717) is 38.4 Å². The van der Waals surface area contributed by atoms with Crippen molar-refractivity contribution < 1.29 is 33.3 Å². The largest absolute Gasteiger partial charge is 0.489 e. The Hall–Kier alpha value is -2.90. The molecular formula is C23H24O7. The summed E-state index contributed by atoms with van der Waals surface area (Å²) in [4.78, 5) is 24.9. The van der Waals surface area contributed by atoms with E-state index in [1.807, 2.05) is 30.3 Å². The van der Waals surface area contributed by atoms with Gasteiger partial charge in [0.2, 0.25) is 0 Å². The molecule has 2 aliphatic heterocycles. The molecule has 4 rings (SSSR count). The molecule has 30 heavy (non-hydrogen) atoms. The Morgan fingerprint density at radius 2 is 1.37 bits per heavy atom. The number of carbonyl (C=O) groups is 2. The summed E-state index contributed by atoms with van der Waals surface area (Å²) in [5.41, 5.74) is 1.47. The van der Waals surface area contributed by atoms with Gasteiger partial charge in [0, 0.05) is 12.8 Å². The van der Waals surface area contributed by atoms with Crippen LogP contribution in [0.1, 0.15) is 39.1 Å². The second kappa shape index (κ2) is 9.73. The summed E-state index contributed by atoms with van der Waals surface area (Å²) in [6, 6.07) is 14.3. The van der Waals surface area contributed by atoms with Crippen LogP contribution < -0.4 is 4.74 Å². The highest BCUT2D eigenvalue weighted by Gasteiger charge is 2.24. The Morgan fingerprint density at radius 3 is 1.87 bits per heavy atom. The van der Waals surface area contributed by atoms with Crippen LogP contribution in [0.15, 0.2) is 48.5 Å². The van der Waals surface area contributed by atoms with Gasteiger partial charge in [-0.1, -0.05) is 30.3 Å². The van der Waals surface area contributed by atoms with E-state index < -0.39 is 11.9 Å². The van der Waals surface area contributed by atoms with Crippen LogP contribution in [-0.2, 0) is 25.6 Å². The van der Waals surface area contributed by atoms with Crippen LogP contribution in [0.25, 0.3) is 0 Å². The molecule has 2 fully saturated rings. The van der Waals surface area contributed by atoms with E-state index in [-0.39, 0.29) is 36.5 Å². The zero-order valence-electron chi connectivity index (χ0n) is 16.6. The predicted molar refractivity (Wildman–Crippen MR) is 106 cm³/mol. The maximum Gasteiger partial charge on any atom is 0.338 e. The van der Waals surface area contributed by atoms with Gasteiger partial charge in [0.15, 0.2) is 0 Å². The molecule has 2 aromatic rings. The first-order valence-electron chi connectivity index (χ1n) is 10.1. The number of esters is 2. The summed E-state index contributed by atoms with van der Waals surface area (Å²) >= 11 is 0. The van der Waals surface area contributed by atoms with Gasteiger partial charge in [-0.2, -0.15) is 0 Å². The number of ether oxygens (including phenoxy) is 5. The van der Waals surface area contributed by atoms with Crippen molar-refractivity contribution >= 4 is 11.9 Å². The van der Waals surface area contributed by atoms with Crippen molar-refractivity contribution in [2.24, 2.45) is 0 Å². The number of hydrogen-bond donors (Lipinski definition) is 0. The lowest BCUT2D eigenvalue weighted by Crippen LogP contribution is -2.12. The Morgan fingerprint density at radius 1 is 0.833 bits per heavy atom. The first kappa shape index (κ1) is 20.4. The molecule has 0 N–H and O–H groups in total. The van der Waals surface area contributed by atoms with E-state index in [2.05, 4.69) is 0 Å². The molecular weight excluding hydrogens is 388 g/mol. The number of carbonyl (C=O) groups excluding carboxylic acids is 2. The maximum atomic E-state index is 12.5. The monoisotopic (exact) mass is 412 g/mol. The summed E-state index contributed by atoms with van der Waals surface area (Å²) in [7, 11) is 0. The Bertz CT molecular complexity index is 824. The fourth-order valence-corrected chi connectivity index (χ4v) is 2.86. The molecule has 2 aromatic carbocycles. The van der Waals surface area contributed by atoms with Gasteiger partial charge in [-0.3, -0.25) is 0 Å². The number of hydrogen-bond acceptors (Lipinski definition) is 7. The molecule has 0 saturated carbocycles. The zero-order chi connectivity index (χ0) is 20.8. The molecule has 158 valence electrons. The van der Waals surface area contributed by atoms with E-state index in [4.69, 9.17) is 23.7 Å². The minimum atomic E-state index is -0.513. The van der Waals surface area contributed by atoms with Crippen molar-refractivity contribution in [1.29, 1.82) is 0 Å². The van der Waals surface area contributed by atoms with Gasteiger partial charge in [0.25, 0.3) is 0 Å². The molecule has 0 aromatic heterocycles.